The van der Waals surface area contributed by atoms with Crippen molar-refractivity contribution in [1.29, 1.82) is 0 Å². The van der Waals surface area contributed by atoms with Crippen molar-refractivity contribution in [3.8, 4) is 0 Å². The maximum atomic E-state index is 13.4. The molecule has 1 aromatic rings. The van der Waals surface area contributed by atoms with Crippen molar-refractivity contribution in [1.82, 2.24) is 0 Å². The third-order valence-electron chi connectivity index (χ3n) is 4.58. The molecule has 2 rings (SSSR count). The number of alkyl halides is 3. The zero-order chi connectivity index (χ0) is 19.3. The normalized spacial score (nSPS) is 18.4. The van der Waals surface area contributed by atoms with Gasteiger partial charge in [0, 0.05) is 6.61 Å². The summed E-state index contributed by atoms with van der Waals surface area (Å²) in [6.07, 6.45) is -1.35. The first-order valence-corrected chi connectivity index (χ1v) is 8.66. The summed E-state index contributed by atoms with van der Waals surface area (Å²) in [7, 11) is 0. The highest BCUT2D eigenvalue weighted by molar-refractivity contribution is 5.97. The third-order valence-corrected chi connectivity index (χ3v) is 4.58. The Balaban J connectivity index is 2.57. The summed E-state index contributed by atoms with van der Waals surface area (Å²) in [5, 5.41) is 9.23. The van der Waals surface area contributed by atoms with Crippen LogP contribution in [0.2, 0.25) is 0 Å². The molecular weight excluding hydrogens is 345 g/mol. The van der Waals surface area contributed by atoms with Crippen molar-refractivity contribution in [3.05, 3.63) is 52.6 Å². The Hall–Kier alpha value is -2.08. The van der Waals surface area contributed by atoms with E-state index in [0.717, 1.165) is 6.07 Å². The molecule has 1 N–H and O–H groups in total. The second kappa shape index (κ2) is 8.54. The van der Waals surface area contributed by atoms with E-state index in [1.54, 1.807) is 26.0 Å². The summed E-state index contributed by atoms with van der Waals surface area (Å²) < 4.78 is 45.4. The fourth-order valence-electron chi connectivity index (χ4n) is 3.28. The topological polar surface area (TPSA) is 46.5 Å². The molecule has 1 aliphatic rings. The smallest absolute Gasteiger partial charge is 0.416 e. The van der Waals surface area contributed by atoms with Gasteiger partial charge in [-0.05, 0) is 61.8 Å². The molecule has 0 aliphatic heterocycles. The van der Waals surface area contributed by atoms with Crippen LogP contribution in [0.3, 0.4) is 0 Å². The van der Waals surface area contributed by atoms with Gasteiger partial charge < -0.3 is 9.84 Å². The molecule has 0 radical (unpaired) electrons. The average Bonchev–Trinajstić information content (AvgIpc) is 2.74. The van der Waals surface area contributed by atoms with Crippen LogP contribution in [0.4, 0.5) is 13.2 Å². The summed E-state index contributed by atoms with van der Waals surface area (Å²) in [4.78, 5) is 12.4. The molecule has 0 spiro atoms. The van der Waals surface area contributed by atoms with Gasteiger partial charge in [0.2, 0.25) is 0 Å². The van der Waals surface area contributed by atoms with Crippen LogP contribution in [-0.2, 0) is 15.7 Å². The van der Waals surface area contributed by atoms with E-state index in [1.807, 2.05) is 0 Å². The largest absolute Gasteiger partial charge is 0.462 e. The standard InChI is InChI=1S/C20H23F3O3/c1-3-26-19(25)17-12-14(10-11-24)8-9-15(13(17)2)16-6-4-5-7-18(16)20(21,22)23/h4-7,12,14,24H,3,8-11H2,1-2H3. The van der Waals surface area contributed by atoms with Crippen LogP contribution in [-0.4, -0.2) is 24.3 Å². The van der Waals surface area contributed by atoms with E-state index in [-0.39, 0.29) is 30.3 Å². The van der Waals surface area contributed by atoms with Gasteiger partial charge in [0.05, 0.1) is 17.7 Å². The number of carbonyl (C=O) groups is 1. The van der Waals surface area contributed by atoms with Gasteiger partial charge in [-0.25, -0.2) is 4.79 Å². The van der Waals surface area contributed by atoms with E-state index < -0.39 is 17.7 Å². The van der Waals surface area contributed by atoms with Crippen molar-refractivity contribution in [2.75, 3.05) is 13.2 Å². The maximum Gasteiger partial charge on any atom is 0.416 e. The molecule has 6 heteroatoms. The van der Waals surface area contributed by atoms with Crippen molar-refractivity contribution in [3.63, 3.8) is 0 Å². The number of ether oxygens (including phenoxy) is 1. The average molecular weight is 368 g/mol. The molecule has 0 heterocycles. The van der Waals surface area contributed by atoms with Crippen molar-refractivity contribution < 1.29 is 27.8 Å². The zero-order valence-electron chi connectivity index (χ0n) is 14.9. The van der Waals surface area contributed by atoms with Gasteiger partial charge in [0.15, 0.2) is 0 Å². The predicted molar refractivity (Wildman–Crippen MR) is 93.2 cm³/mol. The quantitative estimate of drug-likeness (QED) is 0.762. The van der Waals surface area contributed by atoms with Crippen LogP contribution < -0.4 is 0 Å². The highest BCUT2D eigenvalue weighted by Gasteiger charge is 2.35. The Morgan fingerprint density at radius 2 is 2.00 bits per heavy atom. The van der Waals surface area contributed by atoms with E-state index in [9.17, 15) is 23.1 Å². The summed E-state index contributed by atoms with van der Waals surface area (Å²) in [5.74, 6) is -0.637. The fourth-order valence-corrected chi connectivity index (χ4v) is 3.28. The Labute approximate surface area is 151 Å². The van der Waals surface area contributed by atoms with Gasteiger partial charge in [-0.3, -0.25) is 0 Å². The number of esters is 1. The SMILES string of the molecule is CCOC(=O)C1=CC(CCO)CCC(c2ccccc2C(F)(F)F)=C1C. The van der Waals surface area contributed by atoms with E-state index in [2.05, 4.69) is 0 Å². The number of rotatable bonds is 5. The van der Waals surface area contributed by atoms with Gasteiger partial charge in [-0.1, -0.05) is 24.3 Å². The molecule has 0 saturated heterocycles. The number of carbonyl (C=O) groups excluding carboxylic acids is 1. The van der Waals surface area contributed by atoms with Gasteiger partial charge in [0.25, 0.3) is 0 Å². The Morgan fingerprint density at radius 1 is 1.31 bits per heavy atom. The number of halogens is 3. The van der Waals surface area contributed by atoms with Gasteiger partial charge >= 0.3 is 12.1 Å². The number of aliphatic hydroxyl groups excluding tert-OH is 1. The number of hydrogen-bond acceptors (Lipinski definition) is 3. The highest BCUT2D eigenvalue weighted by Crippen LogP contribution is 2.41. The third kappa shape index (κ3) is 4.55. The molecule has 0 fully saturated rings. The molecule has 1 aliphatic carbocycles. The summed E-state index contributed by atoms with van der Waals surface area (Å²) in [5.41, 5.74) is 0.670. The molecule has 0 saturated carbocycles. The lowest BCUT2D eigenvalue weighted by Gasteiger charge is -2.18. The van der Waals surface area contributed by atoms with E-state index >= 15 is 0 Å². The first-order valence-electron chi connectivity index (χ1n) is 8.66. The number of hydrogen-bond donors (Lipinski definition) is 1. The minimum Gasteiger partial charge on any atom is -0.462 e. The molecule has 0 amide bonds. The first kappa shape index (κ1) is 20.2. The predicted octanol–water partition coefficient (Wildman–Crippen LogP) is 4.76. The molecule has 0 aromatic heterocycles. The van der Waals surface area contributed by atoms with E-state index in [0.29, 0.717) is 30.4 Å². The lowest BCUT2D eigenvalue weighted by Crippen LogP contribution is -2.12. The second-order valence-corrected chi connectivity index (χ2v) is 6.26. The zero-order valence-corrected chi connectivity index (χ0v) is 14.9. The molecule has 1 aromatic carbocycles. The monoisotopic (exact) mass is 368 g/mol. The first-order chi connectivity index (χ1) is 12.3. The van der Waals surface area contributed by atoms with Crippen LogP contribution in [0.5, 0.6) is 0 Å². The Bertz CT molecular complexity index is 717. The summed E-state index contributed by atoms with van der Waals surface area (Å²) >= 11 is 0. The van der Waals surface area contributed by atoms with Crippen LogP contribution >= 0.6 is 0 Å². The minimum atomic E-state index is -4.48. The van der Waals surface area contributed by atoms with Crippen LogP contribution in [0, 0.1) is 5.92 Å². The summed E-state index contributed by atoms with van der Waals surface area (Å²) in [6, 6.07) is 5.42. The molecule has 3 nitrogen and oxygen atoms in total. The van der Waals surface area contributed by atoms with Crippen molar-refractivity contribution in [2.45, 2.75) is 39.3 Å². The molecule has 26 heavy (non-hydrogen) atoms. The van der Waals surface area contributed by atoms with E-state index in [4.69, 9.17) is 4.74 Å². The summed E-state index contributed by atoms with van der Waals surface area (Å²) in [6.45, 7) is 3.47. The molecule has 142 valence electrons. The molecule has 1 unspecified atom stereocenters. The fraction of sp³-hybridized carbons (Fsp3) is 0.450. The highest BCUT2D eigenvalue weighted by atomic mass is 19.4. The van der Waals surface area contributed by atoms with E-state index in [1.165, 1.54) is 12.1 Å². The minimum absolute atomic E-state index is 0.0508. The molecule has 0 bridgehead atoms. The lowest BCUT2D eigenvalue weighted by atomic mass is 9.90. The van der Waals surface area contributed by atoms with Crippen LogP contribution in [0.1, 0.15) is 44.2 Å². The van der Waals surface area contributed by atoms with Gasteiger partial charge in [0.1, 0.15) is 0 Å². The Kier molecular flexibility index (Phi) is 6.64. The number of benzene rings is 1. The molecular formula is C20H23F3O3. The lowest BCUT2D eigenvalue weighted by molar-refractivity contribution is -0.138. The van der Waals surface area contributed by atoms with Gasteiger partial charge in [-0.2, -0.15) is 13.2 Å². The number of aliphatic hydroxyl groups is 1. The van der Waals surface area contributed by atoms with Crippen LogP contribution in [0.15, 0.2) is 41.5 Å². The van der Waals surface area contributed by atoms with Crippen molar-refractivity contribution >= 4 is 11.5 Å². The Morgan fingerprint density at radius 3 is 2.62 bits per heavy atom. The number of allylic oxidation sites excluding steroid dienone is 2. The maximum absolute atomic E-state index is 13.4. The molecule has 1 atom stereocenters. The van der Waals surface area contributed by atoms with Gasteiger partial charge in [-0.15, -0.1) is 0 Å². The van der Waals surface area contributed by atoms with Crippen LogP contribution in [0.25, 0.3) is 5.57 Å². The van der Waals surface area contributed by atoms with Crippen molar-refractivity contribution in [2.24, 2.45) is 5.92 Å². The second-order valence-electron chi connectivity index (χ2n) is 6.26.